The van der Waals surface area contributed by atoms with Gasteiger partial charge in [0, 0.05) is 18.9 Å². The van der Waals surface area contributed by atoms with Crippen molar-refractivity contribution in [1.82, 2.24) is 4.98 Å². The van der Waals surface area contributed by atoms with Crippen molar-refractivity contribution in [3.63, 3.8) is 0 Å². The summed E-state index contributed by atoms with van der Waals surface area (Å²) in [7, 11) is -3.67. The van der Waals surface area contributed by atoms with Gasteiger partial charge < -0.3 is 5.32 Å². The van der Waals surface area contributed by atoms with E-state index in [1.165, 1.54) is 6.20 Å². The standard InChI is InChI=1S/C15H19N3O2S/c1-3-12-7-5-6-8-13(12)18-21(19,20)15-11-16-10-9-14(15)17-4-2/h5-11,18H,3-4H2,1-2H3,(H,16,17). The van der Waals surface area contributed by atoms with Crippen molar-refractivity contribution in [1.29, 1.82) is 0 Å². The smallest absolute Gasteiger partial charge is 0.265 e. The molecule has 0 saturated carbocycles. The summed E-state index contributed by atoms with van der Waals surface area (Å²) in [5, 5.41) is 3.04. The van der Waals surface area contributed by atoms with Crippen LogP contribution in [-0.4, -0.2) is 19.9 Å². The molecule has 5 nitrogen and oxygen atoms in total. The number of aromatic nitrogens is 1. The van der Waals surface area contributed by atoms with Gasteiger partial charge in [0.05, 0.1) is 11.4 Å². The summed E-state index contributed by atoms with van der Waals surface area (Å²) < 4.78 is 27.8. The predicted molar refractivity (Wildman–Crippen MR) is 85.0 cm³/mol. The Balaban J connectivity index is 2.39. The van der Waals surface area contributed by atoms with E-state index >= 15 is 0 Å². The molecule has 2 N–H and O–H groups in total. The van der Waals surface area contributed by atoms with Gasteiger partial charge in [0.25, 0.3) is 10.0 Å². The molecule has 0 radical (unpaired) electrons. The fourth-order valence-corrected chi connectivity index (χ4v) is 3.29. The van der Waals surface area contributed by atoms with Crippen molar-refractivity contribution >= 4 is 21.4 Å². The molecule has 1 heterocycles. The zero-order chi connectivity index (χ0) is 15.3. The predicted octanol–water partition coefficient (Wildman–Crippen LogP) is 2.88. The number of rotatable bonds is 6. The molecule has 0 spiro atoms. The molecule has 0 bridgehead atoms. The maximum atomic E-state index is 12.6. The van der Waals surface area contributed by atoms with E-state index in [0.717, 1.165) is 12.0 Å². The van der Waals surface area contributed by atoms with Gasteiger partial charge in [-0.25, -0.2) is 8.42 Å². The third kappa shape index (κ3) is 3.52. The summed E-state index contributed by atoms with van der Waals surface area (Å²) in [6, 6.07) is 9.03. The van der Waals surface area contributed by atoms with Crippen molar-refractivity contribution in [2.45, 2.75) is 25.2 Å². The summed E-state index contributed by atoms with van der Waals surface area (Å²) >= 11 is 0. The first-order chi connectivity index (χ1) is 10.1. The van der Waals surface area contributed by atoms with E-state index in [2.05, 4.69) is 15.0 Å². The number of anilines is 2. The molecule has 1 aromatic heterocycles. The Hall–Kier alpha value is -2.08. The van der Waals surface area contributed by atoms with Gasteiger partial charge in [-0.3, -0.25) is 9.71 Å². The van der Waals surface area contributed by atoms with Gasteiger partial charge in [0.1, 0.15) is 4.90 Å². The van der Waals surface area contributed by atoms with E-state index < -0.39 is 10.0 Å². The van der Waals surface area contributed by atoms with E-state index in [0.29, 0.717) is 17.9 Å². The number of sulfonamides is 1. The number of pyridine rings is 1. The van der Waals surface area contributed by atoms with Crippen LogP contribution >= 0.6 is 0 Å². The highest BCUT2D eigenvalue weighted by Gasteiger charge is 2.19. The topological polar surface area (TPSA) is 71.1 Å². The lowest BCUT2D eigenvalue weighted by atomic mass is 10.1. The Bertz CT molecular complexity index is 714. The van der Waals surface area contributed by atoms with Crippen LogP contribution in [0.3, 0.4) is 0 Å². The molecule has 0 aliphatic heterocycles. The summed E-state index contributed by atoms with van der Waals surface area (Å²) in [5.41, 5.74) is 2.11. The molecule has 0 fully saturated rings. The largest absolute Gasteiger partial charge is 0.384 e. The third-order valence-corrected chi connectivity index (χ3v) is 4.48. The van der Waals surface area contributed by atoms with Crippen LogP contribution in [0.2, 0.25) is 0 Å². The quantitative estimate of drug-likeness (QED) is 0.861. The zero-order valence-corrected chi connectivity index (χ0v) is 12.9. The summed E-state index contributed by atoms with van der Waals surface area (Å²) in [5.74, 6) is 0. The minimum absolute atomic E-state index is 0.151. The van der Waals surface area contributed by atoms with Crippen molar-refractivity contribution in [2.75, 3.05) is 16.6 Å². The van der Waals surface area contributed by atoms with Gasteiger partial charge in [0.15, 0.2) is 0 Å². The van der Waals surface area contributed by atoms with Crippen LogP contribution in [0.15, 0.2) is 47.6 Å². The molecule has 0 saturated heterocycles. The summed E-state index contributed by atoms with van der Waals surface area (Å²) in [4.78, 5) is 4.07. The molecular weight excluding hydrogens is 286 g/mol. The average Bonchev–Trinajstić information content (AvgIpc) is 2.48. The number of benzene rings is 1. The lowest BCUT2D eigenvalue weighted by Crippen LogP contribution is -2.16. The number of nitrogens with zero attached hydrogens (tertiary/aromatic N) is 1. The van der Waals surface area contributed by atoms with Crippen LogP contribution in [0.25, 0.3) is 0 Å². The lowest BCUT2D eigenvalue weighted by Gasteiger charge is -2.14. The minimum Gasteiger partial charge on any atom is -0.384 e. The van der Waals surface area contributed by atoms with Gasteiger partial charge in [-0.05, 0) is 31.0 Å². The molecule has 21 heavy (non-hydrogen) atoms. The van der Waals surface area contributed by atoms with Crippen LogP contribution in [-0.2, 0) is 16.4 Å². The van der Waals surface area contributed by atoms with Crippen molar-refractivity contribution < 1.29 is 8.42 Å². The molecule has 2 aromatic rings. The molecule has 2 rings (SSSR count). The van der Waals surface area contributed by atoms with Crippen molar-refractivity contribution in [3.05, 3.63) is 48.3 Å². The summed E-state index contributed by atoms with van der Waals surface area (Å²) in [6.45, 7) is 4.54. The summed E-state index contributed by atoms with van der Waals surface area (Å²) in [6.07, 6.45) is 3.68. The molecule has 0 atom stereocenters. The van der Waals surface area contributed by atoms with Crippen LogP contribution in [0.5, 0.6) is 0 Å². The SMILES string of the molecule is CCNc1ccncc1S(=O)(=O)Nc1ccccc1CC. The molecule has 6 heteroatoms. The first-order valence-electron chi connectivity index (χ1n) is 6.87. The van der Waals surface area contributed by atoms with Crippen molar-refractivity contribution in [2.24, 2.45) is 0 Å². The highest BCUT2D eigenvalue weighted by Crippen LogP contribution is 2.24. The second-order valence-corrected chi connectivity index (χ2v) is 6.17. The molecule has 1 aromatic carbocycles. The fourth-order valence-electron chi connectivity index (χ4n) is 2.06. The maximum Gasteiger partial charge on any atom is 0.265 e. The highest BCUT2D eigenvalue weighted by molar-refractivity contribution is 7.92. The zero-order valence-electron chi connectivity index (χ0n) is 12.1. The van der Waals surface area contributed by atoms with E-state index in [1.54, 1.807) is 18.3 Å². The number of nitrogens with one attached hydrogen (secondary N) is 2. The monoisotopic (exact) mass is 305 g/mol. The molecular formula is C15H19N3O2S. The van der Waals surface area contributed by atoms with Gasteiger partial charge in [-0.2, -0.15) is 0 Å². The molecule has 0 aliphatic carbocycles. The number of aryl methyl sites for hydroxylation is 1. The molecule has 112 valence electrons. The van der Waals surface area contributed by atoms with Crippen LogP contribution < -0.4 is 10.0 Å². The second kappa shape index (κ2) is 6.58. The Labute approximate surface area is 125 Å². The van der Waals surface area contributed by atoms with Gasteiger partial charge >= 0.3 is 0 Å². The van der Waals surface area contributed by atoms with Gasteiger partial charge in [-0.1, -0.05) is 25.1 Å². The van der Waals surface area contributed by atoms with E-state index in [9.17, 15) is 8.42 Å². The molecule has 0 unspecified atom stereocenters. The third-order valence-electron chi connectivity index (χ3n) is 3.08. The first-order valence-corrected chi connectivity index (χ1v) is 8.35. The molecule has 0 amide bonds. The number of hydrogen-bond donors (Lipinski definition) is 2. The Morgan fingerprint density at radius 2 is 1.86 bits per heavy atom. The van der Waals surface area contributed by atoms with Crippen LogP contribution in [0.4, 0.5) is 11.4 Å². The van der Waals surface area contributed by atoms with Gasteiger partial charge in [-0.15, -0.1) is 0 Å². The average molecular weight is 305 g/mol. The van der Waals surface area contributed by atoms with E-state index in [1.807, 2.05) is 32.0 Å². The van der Waals surface area contributed by atoms with E-state index in [-0.39, 0.29) is 4.90 Å². The lowest BCUT2D eigenvalue weighted by molar-refractivity contribution is 0.601. The fraction of sp³-hybridized carbons (Fsp3) is 0.267. The van der Waals surface area contributed by atoms with Crippen molar-refractivity contribution in [3.8, 4) is 0 Å². The van der Waals surface area contributed by atoms with E-state index in [4.69, 9.17) is 0 Å². The number of hydrogen-bond acceptors (Lipinski definition) is 4. The normalized spacial score (nSPS) is 11.1. The van der Waals surface area contributed by atoms with Gasteiger partial charge in [0.2, 0.25) is 0 Å². The Kier molecular flexibility index (Phi) is 4.80. The maximum absolute atomic E-state index is 12.6. The van der Waals surface area contributed by atoms with Crippen LogP contribution in [0, 0.1) is 0 Å². The minimum atomic E-state index is -3.67. The number of para-hydroxylation sites is 1. The molecule has 0 aliphatic rings. The Morgan fingerprint density at radius 1 is 1.10 bits per heavy atom. The first kappa shape index (κ1) is 15.3. The van der Waals surface area contributed by atoms with Crippen LogP contribution in [0.1, 0.15) is 19.4 Å². The second-order valence-electron chi connectivity index (χ2n) is 4.52. The Morgan fingerprint density at radius 3 is 2.57 bits per heavy atom. The highest BCUT2D eigenvalue weighted by atomic mass is 32.2.